The van der Waals surface area contributed by atoms with Crippen molar-refractivity contribution in [2.75, 3.05) is 0 Å². The molecule has 18 heavy (non-hydrogen) atoms. The van der Waals surface area contributed by atoms with Gasteiger partial charge in [-0.3, -0.25) is 4.68 Å². The van der Waals surface area contributed by atoms with Gasteiger partial charge in [-0.05, 0) is 31.5 Å². The molecule has 2 aromatic rings. The molecule has 1 aromatic heterocycles. The highest BCUT2D eigenvalue weighted by atomic mass is 35.5. The number of hydrogen-bond acceptors (Lipinski definition) is 2. The highest BCUT2D eigenvalue weighted by molar-refractivity contribution is 6.32. The standard InChI is InChI=1S/C13H14Cl2N2O/c1-8-4-5-12(11(14)6-8)18-7-10-9(2)16-17(3)13(10)15/h4-6H,7H2,1-3H3. The number of hydrogen-bond donors (Lipinski definition) is 0. The first-order chi connectivity index (χ1) is 8.49. The average molecular weight is 285 g/mol. The predicted octanol–water partition coefficient (Wildman–Crippen LogP) is 3.92. The van der Waals surface area contributed by atoms with Gasteiger partial charge in [0.2, 0.25) is 0 Å². The van der Waals surface area contributed by atoms with Gasteiger partial charge in [-0.1, -0.05) is 29.3 Å². The molecule has 0 radical (unpaired) electrons. The lowest BCUT2D eigenvalue weighted by atomic mass is 10.2. The topological polar surface area (TPSA) is 27.1 Å². The van der Waals surface area contributed by atoms with Crippen LogP contribution in [-0.2, 0) is 13.7 Å². The number of aromatic nitrogens is 2. The van der Waals surface area contributed by atoms with E-state index in [0.717, 1.165) is 16.8 Å². The van der Waals surface area contributed by atoms with Crippen LogP contribution < -0.4 is 4.74 Å². The summed E-state index contributed by atoms with van der Waals surface area (Å²) in [6, 6.07) is 5.69. The second-order valence-electron chi connectivity index (χ2n) is 4.20. The summed E-state index contributed by atoms with van der Waals surface area (Å²) in [6.07, 6.45) is 0. The number of benzene rings is 1. The first-order valence-electron chi connectivity index (χ1n) is 5.56. The lowest BCUT2D eigenvalue weighted by Crippen LogP contribution is -1.98. The fourth-order valence-electron chi connectivity index (χ4n) is 1.71. The van der Waals surface area contributed by atoms with E-state index in [1.807, 2.05) is 32.0 Å². The highest BCUT2D eigenvalue weighted by Gasteiger charge is 2.12. The van der Waals surface area contributed by atoms with Crippen LogP contribution in [0.25, 0.3) is 0 Å². The van der Waals surface area contributed by atoms with Gasteiger partial charge in [0.25, 0.3) is 0 Å². The normalized spacial score (nSPS) is 10.7. The second kappa shape index (κ2) is 5.21. The Balaban J connectivity index is 2.16. The minimum atomic E-state index is 0.362. The van der Waals surface area contributed by atoms with Crippen LogP contribution in [0.1, 0.15) is 16.8 Å². The monoisotopic (exact) mass is 284 g/mol. The molecule has 5 heteroatoms. The van der Waals surface area contributed by atoms with E-state index in [4.69, 9.17) is 27.9 Å². The van der Waals surface area contributed by atoms with Gasteiger partial charge in [0.1, 0.15) is 17.5 Å². The lowest BCUT2D eigenvalue weighted by molar-refractivity contribution is 0.305. The molecule has 2 rings (SSSR count). The van der Waals surface area contributed by atoms with Crippen molar-refractivity contribution in [1.29, 1.82) is 0 Å². The molecular formula is C13H14Cl2N2O. The van der Waals surface area contributed by atoms with Gasteiger partial charge >= 0.3 is 0 Å². The van der Waals surface area contributed by atoms with E-state index in [2.05, 4.69) is 5.10 Å². The Hall–Kier alpha value is -1.19. The van der Waals surface area contributed by atoms with Gasteiger partial charge in [-0.2, -0.15) is 5.10 Å². The van der Waals surface area contributed by atoms with Crippen LogP contribution in [0.3, 0.4) is 0 Å². The van der Waals surface area contributed by atoms with Crippen LogP contribution >= 0.6 is 23.2 Å². The van der Waals surface area contributed by atoms with Gasteiger partial charge in [0.05, 0.1) is 10.7 Å². The van der Waals surface area contributed by atoms with Crippen LogP contribution in [0, 0.1) is 13.8 Å². The molecule has 1 heterocycles. The molecule has 1 aromatic carbocycles. The highest BCUT2D eigenvalue weighted by Crippen LogP contribution is 2.27. The fourth-order valence-corrected chi connectivity index (χ4v) is 2.23. The summed E-state index contributed by atoms with van der Waals surface area (Å²) >= 11 is 12.2. The van der Waals surface area contributed by atoms with Crippen molar-refractivity contribution < 1.29 is 4.74 Å². The first-order valence-corrected chi connectivity index (χ1v) is 6.31. The van der Waals surface area contributed by atoms with Crippen LogP contribution in [-0.4, -0.2) is 9.78 Å². The minimum absolute atomic E-state index is 0.362. The number of ether oxygens (including phenoxy) is 1. The number of halogens is 2. The van der Waals surface area contributed by atoms with Crippen molar-refractivity contribution in [1.82, 2.24) is 9.78 Å². The molecule has 0 fully saturated rings. The molecule has 0 N–H and O–H groups in total. The van der Waals surface area contributed by atoms with Crippen LogP contribution in [0.2, 0.25) is 10.2 Å². The third-order valence-corrected chi connectivity index (χ3v) is 3.50. The fraction of sp³-hybridized carbons (Fsp3) is 0.308. The quantitative estimate of drug-likeness (QED) is 0.854. The van der Waals surface area contributed by atoms with E-state index in [0.29, 0.717) is 22.5 Å². The maximum absolute atomic E-state index is 6.13. The molecule has 0 unspecified atom stereocenters. The Labute approximate surface area is 116 Å². The molecule has 0 aliphatic rings. The van der Waals surface area contributed by atoms with E-state index < -0.39 is 0 Å². The Morgan fingerprint density at radius 2 is 2.00 bits per heavy atom. The second-order valence-corrected chi connectivity index (χ2v) is 4.97. The van der Waals surface area contributed by atoms with Crippen molar-refractivity contribution in [3.8, 4) is 5.75 Å². The van der Waals surface area contributed by atoms with Gasteiger partial charge in [0.15, 0.2) is 0 Å². The van der Waals surface area contributed by atoms with Gasteiger partial charge in [0, 0.05) is 12.6 Å². The predicted molar refractivity (Wildman–Crippen MR) is 73.5 cm³/mol. The Kier molecular flexibility index (Phi) is 3.83. The summed E-state index contributed by atoms with van der Waals surface area (Å²) in [5.74, 6) is 0.654. The summed E-state index contributed by atoms with van der Waals surface area (Å²) in [7, 11) is 1.80. The van der Waals surface area contributed by atoms with Gasteiger partial charge in [-0.25, -0.2) is 0 Å². The zero-order chi connectivity index (χ0) is 13.3. The molecule has 0 atom stereocenters. The summed E-state index contributed by atoms with van der Waals surface area (Å²) in [4.78, 5) is 0. The molecule has 0 aliphatic heterocycles. The Morgan fingerprint density at radius 1 is 1.28 bits per heavy atom. The molecule has 3 nitrogen and oxygen atoms in total. The lowest BCUT2D eigenvalue weighted by Gasteiger charge is -2.08. The smallest absolute Gasteiger partial charge is 0.138 e. The maximum Gasteiger partial charge on any atom is 0.138 e. The van der Waals surface area contributed by atoms with E-state index >= 15 is 0 Å². The van der Waals surface area contributed by atoms with Crippen molar-refractivity contribution in [3.05, 3.63) is 45.2 Å². The Morgan fingerprint density at radius 3 is 2.56 bits per heavy atom. The van der Waals surface area contributed by atoms with Crippen molar-refractivity contribution in [3.63, 3.8) is 0 Å². The molecule has 0 saturated heterocycles. The van der Waals surface area contributed by atoms with E-state index in [9.17, 15) is 0 Å². The van der Waals surface area contributed by atoms with Crippen LogP contribution in [0.4, 0.5) is 0 Å². The minimum Gasteiger partial charge on any atom is -0.487 e. The van der Waals surface area contributed by atoms with E-state index in [-0.39, 0.29) is 0 Å². The van der Waals surface area contributed by atoms with Crippen LogP contribution in [0.15, 0.2) is 18.2 Å². The van der Waals surface area contributed by atoms with Crippen molar-refractivity contribution in [2.45, 2.75) is 20.5 Å². The molecule has 0 saturated carbocycles. The summed E-state index contributed by atoms with van der Waals surface area (Å²) < 4.78 is 7.31. The molecule has 0 amide bonds. The molecule has 96 valence electrons. The Bertz CT molecular complexity index is 579. The molecule has 0 spiro atoms. The third-order valence-electron chi connectivity index (χ3n) is 2.73. The number of rotatable bonds is 3. The molecule has 0 bridgehead atoms. The summed E-state index contributed by atoms with van der Waals surface area (Å²) in [5.41, 5.74) is 2.85. The van der Waals surface area contributed by atoms with Crippen molar-refractivity contribution >= 4 is 23.2 Å². The zero-order valence-electron chi connectivity index (χ0n) is 10.5. The van der Waals surface area contributed by atoms with Gasteiger partial charge < -0.3 is 4.74 Å². The van der Waals surface area contributed by atoms with Gasteiger partial charge in [-0.15, -0.1) is 0 Å². The molecular weight excluding hydrogens is 271 g/mol. The maximum atomic E-state index is 6.13. The molecule has 0 aliphatic carbocycles. The van der Waals surface area contributed by atoms with Crippen LogP contribution in [0.5, 0.6) is 5.75 Å². The largest absolute Gasteiger partial charge is 0.487 e. The first kappa shape index (κ1) is 13.2. The van der Waals surface area contributed by atoms with E-state index in [1.54, 1.807) is 11.7 Å². The average Bonchev–Trinajstić information content (AvgIpc) is 2.53. The number of nitrogens with zero attached hydrogens (tertiary/aromatic N) is 2. The zero-order valence-corrected chi connectivity index (χ0v) is 12.0. The SMILES string of the molecule is Cc1ccc(OCc2c(C)nn(C)c2Cl)c(Cl)c1. The third kappa shape index (κ3) is 2.62. The van der Waals surface area contributed by atoms with E-state index in [1.165, 1.54) is 0 Å². The number of aryl methyl sites for hydroxylation is 3. The summed E-state index contributed by atoms with van der Waals surface area (Å²) in [6.45, 7) is 4.25. The van der Waals surface area contributed by atoms with Crippen molar-refractivity contribution in [2.24, 2.45) is 7.05 Å². The summed E-state index contributed by atoms with van der Waals surface area (Å²) in [5, 5.41) is 5.43.